The highest BCUT2D eigenvalue weighted by atomic mass is 32.2. The number of unbranched alkanes of at least 4 members (excludes halogenated alkanes) is 1. The molecule has 1 unspecified atom stereocenters. The zero-order valence-corrected chi connectivity index (χ0v) is 12.1. The number of nitrogens with one attached hydrogen (secondary N) is 1. The molecular formula is C15H25NS. The lowest BCUT2D eigenvalue weighted by Crippen LogP contribution is -2.23. The summed E-state index contributed by atoms with van der Waals surface area (Å²) >= 11 is 2.04. The van der Waals surface area contributed by atoms with E-state index in [2.05, 4.69) is 50.4 Å². The number of hydrogen-bond donors (Lipinski definition) is 1. The molecule has 0 aliphatic heterocycles. The van der Waals surface area contributed by atoms with Gasteiger partial charge in [-0.25, -0.2) is 0 Å². The Hall–Kier alpha value is -0.470. The minimum Gasteiger partial charge on any atom is -0.316 e. The van der Waals surface area contributed by atoms with E-state index in [0.717, 1.165) is 18.8 Å². The Morgan fingerprint density at radius 3 is 2.76 bits per heavy atom. The smallest absolute Gasteiger partial charge is 0.0190 e. The Labute approximate surface area is 110 Å². The van der Waals surface area contributed by atoms with Gasteiger partial charge in [-0.1, -0.05) is 44.5 Å². The highest BCUT2D eigenvalue weighted by Crippen LogP contribution is 2.19. The van der Waals surface area contributed by atoms with Crippen molar-refractivity contribution in [3.05, 3.63) is 35.4 Å². The summed E-state index contributed by atoms with van der Waals surface area (Å²) in [7, 11) is 0. The Kier molecular flexibility index (Phi) is 7.38. The van der Waals surface area contributed by atoms with Crippen LogP contribution < -0.4 is 5.32 Å². The number of benzene rings is 1. The molecule has 0 heterocycles. The molecule has 96 valence electrons. The highest BCUT2D eigenvalue weighted by molar-refractivity contribution is 7.99. The summed E-state index contributed by atoms with van der Waals surface area (Å²) in [6.45, 7) is 9.02. The molecule has 0 aliphatic carbocycles. The van der Waals surface area contributed by atoms with Gasteiger partial charge in [0, 0.05) is 17.5 Å². The van der Waals surface area contributed by atoms with Gasteiger partial charge in [0.2, 0.25) is 0 Å². The second-order valence-electron chi connectivity index (χ2n) is 4.61. The first-order valence-electron chi connectivity index (χ1n) is 6.61. The summed E-state index contributed by atoms with van der Waals surface area (Å²) in [5.74, 6) is 1.13. The van der Waals surface area contributed by atoms with Gasteiger partial charge in [-0.05, 0) is 31.0 Å². The van der Waals surface area contributed by atoms with Crippen LogP contribution in [-0.4, -0.2) is 18.3 Å². The Balaban J connectivity index is 2.19. The Bertz CT molecular complexity index is 312. The fraction of sp³-hybridized carbons (Fsp3) is 0.600. The van der Waals surface area contributed by atoms with Crippen LogP contribution in [0.2, 0.25) is 0 Å². The second-order valence-corrected chi connectivity index (χ2v) is 6.03. The average molecular weight is 251 g/mol. The van der Waals surface area contributed by atoms with Gasteiger partial charge in [0.05, 0.1) is 0 Å². The number of aryl methyl sites for hydroxylation is 1. The molecule has 0 aliphatic rings. The van der Waals surface area contributed by atoms with E-state index >= 15 is 0 Å². The third-order valence-electron chi connectivity index (χ3n) is 2.92. The van der Waals surface area contributed by atoms with Crippen LogP contribution in [0.1, 0.15) is 37.8 Å². The van der Waals surface area contributed by atoms with Gasteiger partial charge in [-0.3, -0.25) is 0 Å². The molecule has 0 fully saturated rings. The van der Waals surface area contributed by atoms with E-state index in [1.165, 1.54) is 24.0 Å². The zero-order chi connectivity index (χ0) is 12.5. The van der Waals surface area contributed by atoms with Crippen LogP contribution >= 0.6 is 11.8 Å². The van der Waals surface area contributed by atoms with Crippen molar-refractivity contribution in [1.29, 1.82) is 0 Å². The molecule has 17 heavy (non-hydrogen) atoms. The molecule has 0 amide bonds. The molecule has 0 spiro atoms. The molecule has 1 aromatic carbocycles. The van der Waals surface area contributed by atoms with Gasteiger partial charge in [0.15, 0.2) is 0 Å². The first kappa shape index (κ1) is 14.6. The van der Waals surface area contributed by atoms with E-state index in [-0.39, 0.29) is 0 Å². The lowest BCUT2D eigenvalue weighted by molar-refractivity contribution is 0.638. The number of hydrogen-bond acceptors (Lipinski definition) is 2. The Morgan fingerprint density at radius 1 is 1.29 bits per heavy atom. The lowest BCUT2D eigenvalue weighted by atomic mass is 10.1. The summed E-state index contributed by atoms with van der Waals surface area (Å²) in [5, 5.41) is 4.20. The number of thioether (sulfide) groups is 1. The van der Waals surface area contributed by atoms with Crippen LogP contribution in [0, 0.1) is 6.92 Å². The monoisotopic (exact) mass is 251 g/mol. The molecule has 0 saturated carbocycles. The maximum atomic E-state index is 3.52. The van der Waals surface area contributed by atoms with Crippen LogP contribution in [0.5, 0.6) is 0 Å². The summed E-state index contributed by atoms with van der Waals surface area (Å²) in [5.41, 5.74) is 2.88. The van der Waals surface area contributed by atoms with E-state index in [0.29, 0.717) is 5.25 Å². The minimum atomic E-state index is 0.687. The second kappa shape index (κ2) is 8.60. The van der Waals surface area contributed by atoms with Crippen molar-refractivity contribution in [2.24, 2.45) is 0 Å². The van der Waals surface area contributed by atoms with Crippen LogP contribution in [0.25, 0.3) is 0 Å². The predicted molar refractivity (Wildman–Crippen MR) is 79.7 cm³/mol. The fourth-order valence-corrected chi connectivity index (χ4v) is 2.69. The summed E-state index contributed by atoms with van der Waals surface area (Å²) in [4.78, 5) is 0. The summed E-state index contributed by atoms with van der Waals surface area (Å²) in [6, 6.07) is 8.67. The molecule has 0 aromatic heterocycles. The van der Waals surface area contributed by atoms with Gasteiger partial charge < -0.3 is 5.32 Å². The van der Waals surface area contributed by atoms with Crippen molar-refractivity contribution >= 4 is 11.8 Å². The molecule has 1 N–H and O–H groups in total. The van der Waals surface area contributed by atoms with E-state index in [1.54, 1.807) is 0 Å². The SMILES string of the molecule is CCCCNCC(C)SCc1ccccc1C. The lowest BCUT2D eigenvalue weighted by Gasteiger charge is -2.13. The van der Waals surface area contributed by atoms with Crippen LogP contribution in [-0.2, 0) is 5.75 Å². The van der Waals surface area contributed by atoms with Crippen LogP contribution in [0.3, 0.4) is 0 Å². The minimum absolute atomic E-state index is 0.687. The van der Waals surface area contributed by atoms with Gasteiger partial charge in [0.1, 0.15) is 0 Å². The molecule has 0 bridgehead atoms. The zero-order valence-electron chi connectivity index (χ0n) is 11.3. The first-order valence-corrected chi connectivity index (χ1v) is 7.65. The molecule has 2 heteroatoms. The van der Waals surface area contributed by atoms with Crippen molar-refractivity contribution < 1.29 is 0 Å². The van der Waals surface area contributed by atoms with Crippen molar-refractivity contribution in [1.82, 2.24) is 5.32 Å². The van der Waals surface area contributed by atoms with Gasteiger partial charge >= 0.3 is 0 Å². The van der Waals surface area contributed by atoms with E-state index in [4.69, 9.17) is 0 Å². The fourth-order valence-electron chi connectivity index (χ4n) is 1.67. The van der Waals surface area contributed by atoms with E-state index < -0.39 is 0 Å². The average Bonchev–Trinajstić information content (AvgIpc) is 2.34. The largest absolute Gasteiger partial charge is 0.316 e. The predicted octanol–water partition coefficient (Wildman–Crippen LogP) is 4.01. The van der Waals surface area contributed by atoms with Crippen LogP contribution in [0.15, 0.2) is 24.3 Å². The van der Waals surface area contributed by atoms with Gasteiger partial charge in [-0.15, -0.1) is 0 Å². The van der Waals surface area contributed by atoms with E-state index in [9.17, 15) is 0 Å². The van der Waals surface area contributed by atoms with Gasteiger partial charge in [-0.2, -0.15) is 11.8 Å². The van der Waals surface area contributed by atoms with Gasteiger partial charge in [0.25, 0.3) is 0 Å². The maximum Gasteiger partial charge on any atom is 0.0190 e. The van der Waals surface area contributed by atoms with Crippen molar-refractivity contribution in [3.63, 3.8) is 0 Å². The summed E-state index contributed by atoms with van der Waals surface area (Å²) in [6.07, 6.45) is 2.56. The third-order valence-corrected chi connectivity index (χ3v) is 4.14. The van der Waals surface area contributed by atoms with E-state index in [1.807, 2.05) is 11.8 Å². The van der Waals surface area contributed by atoms with Crippen molar-refractivity contribution in [2.75, 3.05) is 13.1 Å². The maximum absolute atomic E-state index is 3.52. The van der Waals surface area contributed by atoms with Crippen LogP contribution in [0.4, 0.5) is 0 Å². The van der Waals surface area contributed by atoms with Crippen molar-refractivity contribution in [3.8, 4) is 0 Å². The molecule has 1 rings (SSSR count). The summed E-state index contributed by atoms with van der Waals surface area (Å²) < 4.78 is 0. The number of rotatable bonds is 8. The molecule has 1 atom stereocenters. The van der Waals surface area contributed by atoms with Crippen molar-refractivity contribution in [2.45, 2.75) is 44.6 Å². The normalized spacial score (nSPS) is 12.6. The quantitative estimate of drug-likeness (QED) is 0.701. The molecule has 0 saturated heterocycles. The highest BCUT2D eigenvalue weighted by Gasteiger charge is 2.03. The molecule has 1 aromatic rings. The molecule has 1 nitrogen and oxygen atoms in total. The Morgan fingerprint density at radius 2 is 2.06 bits per heavy atom. The third kappa shape index (κ3) is 6.13. The topological polar surface area (TPSA) is 12.0 Å². The molecule has 0 radical (unpaired) electrons. The molecular weight excluding hydrogens is 226 g/mol. The first-order chi connectivity index (χ1) is 8.24. The standard InChI is InChI=1S/C15H25NS/c1-4-5-10-16-11-14(3)17-12-15-9-7-6-8-13(15)2/h6-9,14,16H,4-5,10-12H2,1-3H3.